The fourth-order valence-electron chi connectivity index (χ4n) is 1.12. The molecule has 1 heterocycles. The van der Waals surface area contributed by atoms with E-state index in [-0.39, 0.29) is 0 Å². The highest BCUT2D eigenvalue weighted by Crippen LogP contribution is 2.15. The summed E-state index contributed by atoms with van der Waals surface area (Å²) in [5.41, 5.74) is 1.84. The van der Waals surface area contributed by atoms with Gasteiger partial charge in [0.05, 0.1) is 0 Å². The molecule has 0 saturated heterocycles. The van der Waals surface area contributed by atoms with Crippen LogP contribution < -0.4 is 0 Å². The molecule has 0 saturated carbocycles. The average molecular weight is 190 g/mol. The summed E-state index contributed by atoms with van der Waals surface area (Å²) in [6.07, 6.45) is 2.50. The third-order valence-corrected chi connectivity index (χ3v) is 1.72. The van der Waals surface area contributed by atoms with Crippen LogP contribution in [0, 0.1) is 0 Å². The van der Waals surface area contributed by atoms with Gasteiger partial charge in [-0.3, -0.25) is 0 Å². The van der Waals surface area contributed by atoms with Gasteiger partial charge in [-0.2, -0.15) is 0 Å². The van der Waals surface area contributed by atoms with Gasteiger partial charge in [-0.25, -0.2) is 9.42 Å². The molecule has 2 rings (SSSR count). The molecular formula is C9H6N2O3. The Bertz CT molecular complexity index is 501. The van der Waals surface area contributed by atoms with Crippen molar-refractivity contribution in [3.63, 3.8) is 0 Å². The summed E-state index contributed by atoms with van der Waals surface area (Å²) >= 11 is 0. The van der Waals surface area contributed by atoms with Crippen LogP contribution in [-0.4, -0.2) is 21.4 Å². The Labute approximate surface area is 78.6 Å². The zero-order chi connectivity index (χ0) is 9.97. The number of rotatable bonds is 2. The molecule has 1 aromatic heterocycles. The van der Waals surface area contributed by atoms with Crippen LogP contribution in [0.25, 0.3) is 17.1 Å². The Morgan fingerprint density at radius 3 is 3.07 bits per heavy atom. The maximum absolute atomic E-state index is 10.3. The molecule has 0 radical (unpaired) electrons. The normalized spacial score (nSPS) is 11.1. The summed E-state index contributed by atoms with van der Waals surface area (Å²) < 4.78 is 4.53. The standard InChI is InChI=1S/C9H6N2O3/c12-8(13)5-4-6-2-1-3-7-9(6)11-14-10-7/h1-5H,(H,12,13)/b5-4+. The van der Waals surface area contributed by atoms with Gasteiger partial charge in [0.1, 0.15) is 11.0 Å². The van der Waals surface area contributed by atoms with Crippen molar-refractivity contribution < 1.29 is 14.5 Å². The Hall–Kier alpha value is -2.17. The Balaban J connectivity index is 2.51. The quantitative estimate of drug-likeness (QED) is 0.722. The first-order valence-electron chi connectivity index (χ1n) is 3.89. The first kappa shape index (κ1) is 8.43. The molecule has 14 heavy (non-hydrogen) atoms. The predicted molar refractivity (Wildman–Crippen MR) is 48.5 cm³/mol. The van der Waals surface area contributed by atoms with Crippen molar-refractivity contribution in [2.75, 3.05) is 0 Å². The second kappa shape index (κ2) is 3.29. The number of aromatic nitrogens is 2. The number of carbonyl (C=O) groups is 1. The number of nitrogens with zero attached hydrogens (tertiary/aromatic N) is 2. The zero-order valence-corrected chi connectivity index (χ0v) is 7.04. The summed E-state index contributed by atoms with van der Waals surface area (Å²) in [6, 6.07) is 5.24. The summed E-state index contributed by atoms with van der Waals surface area (Å²) in [7, 11) is 0. The number of benzene rings is 1. The molecule has 0 bridgehead atoms. The molecule has 0 aliphatic heterocycles. The first-order chi connectivity index (χ1) is 6.77. The molecule has 0 fully saturated rings. The largest absolute Gasteiger partial charge is 0.478 e. The lowest BCUT2D eigenvalue weighted by molar-refractivity contribution is -0.131. The third-order valence-electron chi connectivity index (χ3n) is 1.72. The lowest BCUT2D eigenvalue weighted by atomic mass is 10.2. The summed E-state index contributed by atoms with van der Waals surface area (Å²) in [6.45, 7) is 0. The molecule has 1 N–H and O–H groups in total. The number of hydrogen-bond donors (Lipinski definition) is 1. The van der Waals surface area contributed by atoms with Gasteiger partial charge in [-0.1, -0.05) is 12.1 Å². The van der Waals surface area contributed by atoms with Gasteiger partial charge < -0.3 is 5.11 Å². The van der Waals surface area contributed by atoms with Crippen LogP contribution in [-0.2, 0) is 4.79 Å². The summed E-state index contributed by atoms with van der Waals surface area (Å²) in [4.78, 5) is 10.3. The topological polar surface area (TPSA) is 76.2 Å². The smallest absolute Gasteiger partial charge is 0.328 e. The van der Waals surface area contributed by atoms with Gasteiger partial charge in [0.2, 0.25) is 0 Å². The number of hydrogen-bond acceptors (Lipinski definition) is 4. The lowest BCUT2D eigenvalue weighted by Gasteiger charge is -1.90. The van der Waals surface area contributed by atoms with Crippen molar-refractivity contribution in [2.45, 2.75) is 0 Å². The van der Waals surface area contributed by atoms with Gasteiger partial charge in [0, 0.05) is 11.6 Å². The van der Waals surface area contributed by atoms with Crippen LogP contribution in [0.4, 0.5) is 0 Å². The van der Waals surface area contributed by atoms with Crippen molar-refractivity contribution in [1.29, 1.82) is 0 Å². The number of aliphatic carboxylic acids is 1. The molecule has 0 spiro atoms. The van der Waals surface area contributed by atoms with Gasteiger partial charge in [-0.15, -0.1) is 0 Å². The van der Waals surface area contributed by atoms with Crippen molar-refractivity contribution in [1.82, 2.24) is 10.3 Å². The number of carboxylic acids is 1. The summed E-state index contributed by atoms with van der Waals surface area (Å²) in [5, 5.41) is 15.8. The highest BCUT2D eigenvalue weighted by Gasteiger charge is 2.03. The highest BCUT2D eigenvalue weighted by molar-refractivity contribution is 5.90. The maximum atomic E-state index is 10.3. The average Bonchev–Trinajstić information content (AvgIpc) is 2.62. The van der Waals surface area contributed by atoms with Gasteiger partial charge in [-0.05, 0) is 22.5 Å². The molecule has 0 aliphatic carbocycles. The third kappa shape index (κ3) is 1.47. The fraction of sp³-hybridized carbons (Fsp3) is 0. The van der Waals surface area contributed by atoms with Gasteiger partial charge in [0.15, 0.2) is 0 Å². The van der Waals surface area contributed by atoms with E-state index in [4.69, 9.17) is 5.11 Å². The van der Waals surface area contributed by atoms with Crippen molar-refractivity contribution in [3.8, 4) is 0 Å². The highest BCUT2D eigenvalue weighted by atomic mass is 16.6. The Kier molecular flexibility index (Phi) is 1.98. The van der Waals surface area contributed by atoms with E-state index in [0.717, 1.165) is 6.08 Å². The number of fused-ring (bicyclic) bond motifs is 1. The first-order valence-corrected chi connectivity index (χ1v) is 3.89. The molecule has 2 aromatic rings. The van der Waals surface area contributed by atoms with E-state index in [1.54, 1.807) is 18.2 Å². The van der Waals surface area contributed by atoms with Crippen LogP contribution in [0.2, 0.25) is 0 Å². The van der Waals surface area contributed by atoms with Crippen LogP contribution in [0.5, 0.6) is 0 Å². The number of carboxylic acid groups (broad SMARTS) is 1. The molecule has 0 atom stereocenters. The second-order valence-electron chi connectivity index (χ2n) is 2.65. The SMILES string of the molecule is O=C(O)/C=C/c1cccc2nonc12. The van der Waals surface area contributed by atoms with Crippen LogP contribution >= 0.6 is 0 Å². The second-order valence-corrected chi connectivity index (χ2v) is 2.65. The Morgan fingerprint density at radius 1 is 1.43 bits per heavy atom. The molecule has 1 aromatic carbocycles. The van der Waals surface area contributed by atoms with Gasteiger partial charge in [0.25, 0.3) is 0 Å². The van der Waals surface area contributed by atoms with Crippen molar-refractivity contribution >= 4 is 23.1 Å². The van der Waals surface area contributed by atoms with Gasteiger partial charge >= 0.3 is 5.97 Å². The minimum absolute atomic E-state index is 0.560. The molecule has 0 unspecified atom stereocenters. The van der Waals surface area contributed by atoms with E-state index in [0.29, 0.717) is 16.6 Å². The van der Waals surface area contributed by atoms with E-state index < -0.39 is 5.97 Å². The van der Waals surface area contributed by atoms with E-state index in [1.807, 2.05) is 0 Å². The Morgan fingerprint density at radius 2 is 2.29 bits per heavy atom. The molecule has 5 nitrogen and oxygen atoms in total. The molecule has 70 valence electrons. The van der Waals surface area contributed by atoms with E-state index in [2.05, 4.69) is 14.9 Å². The summed E-state index contributed by atoms with van der Waals surface area (Å²) in [5.74, 6) is -1.00. The molecule has 5 heteroatoms. The lowest BCUT2D eigenvalue weighted by Crippen LogP contribution is -1.86. The van der Waals surface area contributed by atoms with E-state index in [1.165, 1.54) is 6.08 Å². The monoisotopic (exact) mass is 190 g/mol. The molecule has 0 aliphatic rings. The van der Waals surface area contributed by atoms with Crippen molar-refractivity contribution in [3.05, 3.63) is 29.8 Å². The predicted octanol–water partition coefficient (Wildman–Crippen LogP) is 1.32. The van der Waals surface area contributed by atoms with E-state index in [9.17, 15) is 4.79 Å². The minimum atomic E-state index is -1.00. The minimum Gasteiger partial charge on any atom is -0.478 e. The van der Waals surface area contributed by atoms with Crippen LogP contribution in [0.1, 0.15) is 5.56 Å². The van der Waals surface area contributed by atoms with Crippen LogP contribution in [0.15, 0.2) is 28.9 Å². The fourth-order valence-corrected chi connectivity index (χ4v) is 1.12. The van der Waals surface area contributed by atoms with E-state index >= 15 is 0 Å². The van der Waals surface area contributed by atoms with Crippen LogP contribution in [0.3, 0.4) is 0 Å². The molecular weight excluding hydrogens is 184 g/mol. The molecule has 0 amide bonds. The van der Waals surface area contributed by atoms with Crippen molar-refractivity contribution in [2.24, 2.45) is 0 Å². The maximum Gasteiger partial charge on any atom is 0.328 e. The zero-order valence-electron chi connectivity index (χ0n) is 7.04.